The van der Waals surface area contributed by atoms with Crippen LogP contribution in [-0.4, -0.2) is 20.5 Å². The maximum absolute atomic E-state index is 4.67. The van der Waals surface area contributed by atoms with E-state index < -0.39 is 0 Å². The van der Waals surface area contributed by atoms with Gasteiger partial charge in [-0.25, -0.2) is 4.98 Å². The first kappa shape index (κ1) is 12.9. The topological polar surface area (TPSA) is 58.3 Å². The quantitative estimate of drug-likeness (QED) is 0.736. The molecule has 0 bridgehead atoms. The number of hydrogen-bond donors (Lipinski definition) is 1. The van der Waals surface area contributed by atoms with E-state index in [2.05, 4.69) is 60.3 Å². The molecule has 0 atom stereocenters. The Kier molecular flexibility index (Phi) is 3.10. The van der Waals surface area contributed by atoms with E-state index in [9.17, 15) is 0 Å². The highest BCUT2D eigenvalue weighted by Crippen LogP contribution is 2.32. The summed E-state index contributed by atoms with van der Waals surface area (Å²) >= 11 is 1.73. The van der Waals surface area contributed by atoms with Crippen LogP contribution in [-0.2, 0) is 0 Å². The lowest BCUT2D eigenvalue weighted by Crippen LogP contribution is -2.33. The molecule has 3 rings (SSSR count). The van der Waals surface area contributed by atoms with Crippen molar-refractivity contribution in [1.82, 2.24) is 20.5 Å². The summed E-state index contributed by atoms with van der Waals surface area (Å²) in [5.41, 5.74) is 5.68. The van der Waals surface area contributed by atoms with Gasteiger partial charge in [0.1, 0.15) is 15.8 Å². The third-order valence-corrected chi connectivity index (χ3v) is 4.53. The number of tetrazole rings is 1. The number of nitrogens with one attached hydrogen (secondary N) is 1. The van der Waals surface area contributed by atoms with Gasteiger partial charge in [-0.1, -0.05) is 5.21 Å². The highest BCUT2D eigenvalue weighted by molar-refractivity contribution is 7.15. The molecule has 1 aromatic carbocycles. The predicted octanol–water partition coefficient (Wildman–Crippen LogP) is 2.44. The van der Waals surface area contributed by atoms with Gasteiger partial charge in [-0.05, 0) is 45.4 Å². The number of aryl methyl sites for hydroxylation is 3. The number of H-pyrrole nitrogens is 1. The number of benzene rings is 1. The molecule has 0 saturated heterocycles. The Balaban J connectivity index is 2.22. The molecule has 1 N–H and O–H groups in total. The molecule has 2 aromatic heterocycles. The summed E-state index contributed by atoms with van der Waals surface area (Å²) in [5, 5.41) is 11.5. The minimum Gasteiger partial charge on any atom is -0.241 e. The van der Waals surface area contributed by atoms with Crippen molar-refractivity contribution in [3.05, 3.63) is 40.2 Å². The van der Waals surface area contributed by atoms with Crippen LogP contribution in [0.2, 0.25) is 0 Å². The number of hydrogen-bond acceptors (Lipinski definition) is 4. The van der Waals surface area contributed by atoms with Gasteiger partial charge in [-0.15, -0.1) is 16.0 Å². The monoisotopic (exact) mass is 286 g/mol. The molecule has 3 aromatic rings. The first-order valence-electron chi connectivity index (χ1n) is 6.40. The van der Waals surface area contributed by atoms with Crippen molar-refractivity contribution in [3.8, 4) is 16.3 Å². The highest BCUT2D eigenvalue weighted by Gasteiger charge is 2.16. The van der Waals surface area contributed by atoms with Gasteiger partial charge in [-0.3, -0.25) is 0 Å². The maximum Gasteiger partial charge on any atom is 0.293 e. The molecule has 102 valence electrons. The molecule has 0 spiro atoms. The van der Waals surface area contributed by atoms with E-state index in [0.717, 1.165) is 16.4 Å². The van der Waals surface area contributed by atoms with Crippen molar-refractivity contribution in [2.75, 3.05) is 0 Å². The fourth-order valence-corrected chi connectivity index (χ4v) is 3.18. The van der Waals surface area contributed by atoms with Crippen molar-refractivity contribution < 1.29 is 4.68 Å². The lowest BCUT2D eigenvalue weighted by atomic mass is 10.0. The lowest BCUT2D eigenvalue weighted by molar-refractivity contribution is -0.660. The summed E-state index contributed by atoms with van der Waals surface area (Å²) in [6, 6.07) is 4.30. The molecule has 0 aliphatic carbocycles. The van der Waals surface area contributed by atoms with Crippen LogP contribution in [0.5, 0.6) is 0 Å². The summed E-state index contributed by atoms with van der Waals surface area (Å²) in [5.74, 6) is 0. The summed E-state index contributed by atoms with van der Waals surface area (Å²) in [6.45, 7) is 8.35. The Morgan fingerprint density at radius 1 is 1.15 bits per heavy atom. The van der Waals surface area contributed by atoms with Gasteiger partial charge in [0.2, 0.25) is 0 Å². The van der Waals surface area contributed by atoms with E-state index in [0.29, 0.717) is 0 Å². The maximum atomic E-state index is 4.67. The number of aromatic nitrogens is 5. The first-order valence-corrected chi connectivity index (χ1v) is 7.21. The second-order valence-electron chi connectivity index (χ2n) is 4.92. The van der Waals surface area contributed by atoms with E-state index in [1.807, 2.05) is 4.68 Å². The van der Waals surface area contributed by atoms with Crippen molar-refractivity contribution in [3.63, 3.8) is 0 Å². The third kappa shape index (κ3) is 2.12. The number of thiazole rings is 1. The highest BCUT2D eigenvalue weighted by atomic mass is 32.1. The van der Waals surface area contributed by atoms with Gasteiger partial charge in [0.15, 0.2) is 5.21 Å². The van der Waals surface area contributed by atoms with Gasteiger partial charge in [0.05, 0.1) is 5.69 Å². The average Bonchev–Trinajstić information content (AvgIpc) is 3.03. The van der Waals surface area contributed by atoms with Crippen LogP contribution >= 0.6 is 11.3 Å². The summed E-state index contributed by atoms with van der Waals surface area (Å²) in [6.07, 6.45) is 1.67. The zero-order chi connectivity index (χ0) is 14.3. The molecule has 0 fully saturated rings. The van der Waals surface area contributed by atoms with Gasteiger partial charge >= 0.3 is 0 Å². The average molecular weight is 286 g/mol. The third-order valence-electron chi connectivity index (χ3n) is 3.42. The number of aromatic amines is 1. The molecule has 5 nitrogen and oxygen atoms in total. The Morgan fingerprint density at radius 3 is 2.55 bits per heavy atom. The molecule has 2 heterocycles. The number of rotatable bonds is 2. The molecular formula is C14H16N5S+. The SMILES string of the molecule is Cc1cc(-c2nc(C)c(C)s2)c(C)c(-[n+]2cnn[nH]2)c1. The van der Waals surface area contributed by atoms with E-state index in [4.69, 9.17) is 0 Å². The van der Waals surface area contributed by atoms with Crippen molar-refractivity contribution in [2.45, 2.75) is 27.7 Å². The van der Waals surface area contributed by atoms with Gasteiger partial charge in [0.25, 0.3) is 6.33 Å². The zero-order valence-electron chi connectivity index (χ0n) is 11.9. The van der Waals surface area contributed by atoms with Crippen LogP contribution in [0.1, 0.15) is 21.7 Å². The fraction of sp³-hybridized carbons (Fsp3) is 0.286. The molecule has 0 aliphatic heterocycles. The van der Waals surface area contributed by atoms with Gasteiger partial charge in [-0.2, -0.15) is 0 Å². The molecule has 6 heteroatoms. The van der Waals surface area contributed by atoms with E-state index >= 15 is 0 Å². The van der Waals surface area contributed by atoms with Gasteiger partial charge in [0, 0.05) is 16.0 Å². The molecule has 0 amide bonds. The van der Waals surface area contributed by atoms with E-state index in [1.165, 1.54) is 21.6 Å². The lowest BCUT2D eigenvalue weighted by Gasteiger charge is -2.08. The molecule has 0 radical (unpaired) electrons. The standard InChI is InChI=1S/C14H15N5S/c1-8-5-12(14-16-10(3)11(4)20-14)9(2)13(6-8)19-7-15-17-18-19/h5-7H,1-4H3/p+1. The molecular weight excluding hydrogens is 270 g/mol. The molecule has 0 saturated carbocycles. The first-order chi connectivity index (χ1) is 9.56. The van der Waals surface area contributed by atoms with Crippen molar-refractivity contribution >= 4 is 11.3 Å². The van der Waals surface area contributed by atoms with Crippen LogP contribution in [0.15, 0.2) is 18.5 Å². The van der Waals surface area contributed by atoms with E-state index in [-0.39, 0.29) is 0 Å². The Bertz CT molecular complexity index is 739. The summed E-state index contributed by atoms with van der Waals surface area (Å²) in [4.78, 5) is 5.93. The van der Waals surface area contributed by atoms with Crippen molar-refractivity contribution in [1.29, 1.82) is 0 Å². The largest absolute Gasteiger partial charge is 0.293 e. The second kappa shape index (κ2) is 4.79. The fourth-order valence-electron chi connectivity index (χ4n) is 2.19. The smallest absolute Gasteiger partial charge is 0.241 e. The van der Waals surface area contributed by atoms with Crippen LogP contribution in [0.25, 0.3) is 16.3 Å². The van der Waals surface area contributed by atoms with Crippen molar-refractivity contribution in [2.24, 2.45) is 0 Å². The van der Waals surface area contributed by atoms with Crippen LogP contribution in [0.4, 0.5) is 0 Å². The molecule has 0 aliphatic rings. The zero-order valence-corrected chi connectivity index (χ0v) is 12.7. The normalized spacial score (nSPS) is 11.0. The minimum absolute atomic E-state index is 1.05. The van der Waals surface area contributed by atoms with Crippen LogP contribution in [0, 0.1) is 27.7 Å². The molecule has 0 unspecified atom stereocenters. The molecule has 20 heavy (non-hydrogen) atoms. The second-order valence-corrected chi connectivity index (χ2v) is 6.12. The van der Waals surface area contributed by atoms with Crippen LogP contribution < -0.4 is 4.68 Å². The Morgan fingerprint density at radius 2 is 1.95 bits per heavy atom. The van der Waals surface area contributed by atoms with E-state index in [1.54, 1.807) is 17.7 Å². The minimum atomic E-state index is 1.05. The Labute approximate surface area is 121 Å². The van der Waals surface area contributed by atoms with Crippen LogP contribution in [0.3, 0.4) is 0 Å². The summed E-state index contributed by atoms with van der Waals surface area (Å²) in [7, 11) is 0. The number of nitrogens with zero attached hydrogens (tertiary/aromatic N) is 4. The Hall–Kier alpha value is -2.08. The van der Waals surface area contributed by atoms with Gasteiger partial charge < -0.3 is 0 Å². The predicted molar refractivity (Wildman–Crippen MR) is 78.0 cm³/mol. The summed E-state index contributed by atoms with van der Waals surface area (Å²) < 4.78 is 1.82.